The van der Waals surface area contributed by atoms with Gasteiger partial charge in [-0.15, -0.1) is 12.4 Å². The summed E-state index contributed by atoms with van der Waals surface area (Å²) in [4.78, 5) is 6.77. The highest BCUT2D eigenvalue weighted by Crippen LogP contribution is 2.24. The molecule has 0 aliphatic carbocycles. The molecule has 1 aromatic heterocycles. The third kappa shape index (κ3) is 5.36. The van der Waals surface area contributed by atoms with E-state index in [-0.39, 0.29) is 24.2 Å². The van der Waals surface area contributed by atoms with Crippen LogP contribution in [0.2, 0.25) is 0 Å². The number of nitrogens with zero attached hydrogens (tertiary/aromatic N) is 3. The van der Waals surface area contributed by atoms with Gasteiger partial charge in [0, 0.05) is 45.6 Å². The number of ether oxygens (including phenoxy) is 1. The van der Waals surface area contributed by atoms with Crippen molar-refractivity contribution < 1.29 is 17.9 Å². The van der Waals surface area contributed by atoms with E-state index in [9.17, 15) is 13.2 Å². The summed E-state index contributed by atoms with van der Waals surface area (Å²) in [5, 5.41) is 3.38. The molecule has 144 valence electrons. The number of aromatic nitrogens is 2. The monoisotopic (exact) mass is 390 g/mol. The van der Waals surface area contributed by atoms with Gasteiger partial charge in [0.1, 0.15) is 11.6 Å². The van der Waals surface area contributed by atoms with Crippen LogP contribution in [0.4, 0.5) is 13.2 Å². The molecular weight excluding hydrogens is 369 g/mol. The van der Waals surface area contributed by atoms with E-state index in [1.807, 2.05) is 29.9 Å². The van der Waals surface area contributed by atoms with Crippen LogP contribution < -0.4 is 10.1 Å². The highest BCUT2D eigenvalue weighted by Gasteiger charge is 2.29. The van der Waals surface area contributed by atoms with Gasteiger partial charge < -0.3 is 14.6 Å². The first-order valence-electron chi connectivity index (χ1n) is 8.13. The summed E-state index contributed by atoms with van der Waals surface area (Å²) in [6.07, 6.45) is -0.613. The molecule has 26 heavy (non-hydrogen) atoms. The quantitative estimate of drug-likeness (QED) is 0.852. The Morgan fingerprint density at radius 1 is 1.27 bits per heavy atom. The molecular formula is C17H22ClF3N4O. The molecule has 1 N–H and O–H groups in total. The standard InChI is InChI=1S/C17H21F3N4O.ClH/c1-23-8-7-22-16(23)15-10-21-6-9-24(15)11-13-2-4-14(5-3-13)25-12-17(18,19)20;/h2-5,7-8,15,21H,6,9-12H2,1H3;1H. The Kier molecular flexibility index (Phi) is 6.91. The summed E-state index contributed by atoms with van der Waals surface area (Å²) in [6, 6.07) is 6.94. The number of imidazole rings is 1. The molecule has 1 aliphatic rings. The number of alkyl halides is 3. The molecule has 1 unspecified atom stereocenters. The topological polar surface area (TPSA) is 42.3 Å². The molecule has 9 heteroatoms. The van der Waals surface area contributed by atoms with Gasteiger partial charge >= 0.3 is 6.18 Å². The van der Waals surface area contributed by atoms with Crippen molar-refractivity contribution in [3.05, 3.63) is 48.0 Å². The summed E-state index contributed by atoms with van der Waals surface area (Å²) in [5.41, 5.74) is 1.03. The molecule has 1 saturated heterocycles. The molecule has 2 heterocycles. The smallest absolute Gasteiger partial charge is 0.422 e. The van der Waals surface area contributed by atoms with Crippen molar-refractivity contribution in [3.8, 4) is 5.75 Å². The van der Waals surface area contributed by atoms with Gasteiger partial charge in [-0.2, -0.15) is 13.2 Å². The highest BCUT2D eigenvalue weighted by atomic mass is 35.5. The van der Waals surface area contributed by atoms with Crippen LogP contribution in [0, 0.1) is 0 Å². The first-order chi connectivity index (χ1) is 11.9. The third-order valence-corrected chi connectivity index (χ3v) is 4.22. The second-order valence-electron chi connectivity index (χ2n) is 6.13. The maximum Gasteiger partial charge on any atom is 0.422 e. The van der Waals surface area contributed by atoms with E-state index in [2.05, 4.69) is 15.2 Å². The molecule has 0 spiro atoms. The molecule has 2 aromatic rings. The minimum absolute atomic E-state index is 0. The SMILES string of the molecule is Cl.Cn1ccnc1C1CNCCN1Cc1ccc(OCC(F)(F)F)cc1. The van der Waals surface area contributed by atoms with E-state index in [0.29, 0.717) is 6.54 Å². The van der Waals surface area contributed by atoms with Crippen LogP contribution in [0.5, 0.6) is 5.75 Å². The van der Waals surface area contributed by atoms with Crippen molar-refractivity contribution in [1.82, 2.24) is 19.8 Å². The van der Waals surface area contributed by atoms with Crippen LogP contribution in [0.15, 0.2) is 36.7 Å². The fourth-order valence-electron chi connectivity index (χ4n) is 2.98. The number of hydrogen-bond acceptors (Lipinski definition) is 4. The van der Waals surface area contributed by atoms with E-state index in [4.69, 9.17) is 4.74 Å². The Labute approximate surface area is 156 Å². The fourth-order valence-corrected chi connectivity index (χ4v) is 2.98. The largest absolute Gasteiger partial charge is 0.484 e. The summed E-state index contributed by atoms with van der Waals surface area (Å²) in [5.74, 6) is 1.22. The normalized spacial score (nSPS) is 18.4. The lowest BCUT2D eigenvalue weighted by Crippen LogP contribution is -2.46. The Balaban J connectivity index is 0.00000243. The highest BCUT2D eigenvalue weighted by molar-refractivity contribution is 5.85. The summed E-state index contributed by atoms with van der Waals surface area (Å²) in [6.45, 7) is 2.03. The van der Waals surface area contributed by atoms with Crippen LogP contribution in [0.1, 0.15) is 17.4 Å². The zero-order valence-corrected chi connectivity index (χ0v) is 15.2. The van der Waals surface area contributed by atoms with Gasteiger partial charge in [-0.1, -0.05) is 12.1 Å². The van der Waals surface area contributed by atoms with Crippen molar-refractivity contribution in [1.29, 1.82) is 0 Å². The molecule has 1 fully saturated rings. The van der Waals surface area contributed by atoms with Crippen molar-refractivity contribution in [3.63, 3.8) is 0 Å². The van der Waals surface area contributed by atoms with Crippen LogP contribution in [-0.2, 0) is 13.6 Å². The van der Waals surface area contributed by atoms with Crippen LogP contribution >= 0.6 is 12.4 Å². The number of piperazine rings is 1. The lowest BCUT2D eigenvalue weighted by atomic mass is 10.1. The number of halogens is 4. The van der Waals surface area contributed by atoms with E-state index in [1.54, 1.807) is 18.3 Å². The predicted octanol–water partition coefficient (Wildman–Crippen LogP) is 2.93. The van der Waals surface area contributed by atoms with E-state index in [1.165, 1.54) is 0 Å². The van der Waals surface area contributed by atoms with Crippen LogP contribution in [0.25, 0.3) is 0 Å². The van der Waals surface area contributed by atoms with Crippen molar-refractivity contribution in [2.24, 2.45) is 7.05 Å². The zero-order valence-electron chi connectivity index (χ0n) is 14.4. The van der Waals surface area contributed by atoms with E-state index in [0.717, 1.165) is 31.0 Å². The molecule has 1 atom stereocenters. The molecule has 3 rings (SSSR count). The molecule has 1 aliphatic heterocycles. The number of nitrogens with one attached hydrogen (secondary N) is 1. The van der Waals surface area contributed by atoms with Gasteiger partial charge in [-0.05, 0) is 17.7 Å². The number of aryl methyl sites for hydroxylation is 1. The Hall–Kier alpha value is -1.77. The molecule has 0 amide bonds. The van der Waals surface area contributed by atoms with Gasteiger partial charge in [0.2, 0.25) is 0 Å². The lowest BCUT2D eigenvalue weighted by molar-refractivity contribution is -0.153. The number of hydrogen-bond donors (Lipinski definition) is 1. The maximum absolute atomic E-state index is 12.2. The van der Waals surface area contributed by atoms with Crippen LogP contribution in [-0.4, -0.2) is 46.9 Å². The summed E-state index contributed by atoms with van der Waals surface area (Å²) >= 11 is 0. The van der Waals surface area contributed by atoms with E-state index < -0.39 is 12.8 Å². The number of rotatable bonds is 5. The van der Waals surface area contributed by atoms with Gasteiger partial charge in [-0.25, -0.2) is 4.98 Å². The van der Waals surface area contributed by atoms with Gasteiger partial charge in [-0.3, -0.25) is 4.90 Å². The molecule has 1 aromatic carbocycles. The molecule has 0 saturated carbocycles. The second kappa shape index (κ2) is 8.75. The average molecular weight is 391 g/mol. The Bertz CT molecular complexity index is 690. The second-order valence-corrected chi connectivity index (χ2v) is 6.13. The minimum Gasteiger partial charge on any atom is -0.484 e. The van der Waals surface area contributed by atoms with E-state index >= 15 is 0 Å². The molecule has 0 bridgehead atoms. The zero-order chi connectivity index (χ0) is 17.9. The summed E-state index contributed by atoms with van der Waals surface area (Å²) < 4.78 is 43.3. The summed E-state index contributed by atoms with van der Waals surface area (Å²) in [7, 11) is 1.97. The van der Waals surface area contributed by atoms with Gasteiger partial charge in [0.15, 0.2) is 6.61 Å². The molecule has 0 radical (unpaired) electrons. The predicted molar refractivity (Wildman–Crippen MR) is 94.5 cm³/mol. The van der Waals surface area contributed by atoms with Crippen LogP contribution in [0.3, 0.4) is 0 Å². The van der Waals surface area contributed by atoms with Gasteiger partial charge in [0.25, 0.3) is 0 Å². The van der Waals surface area contributed by atoms with Crippen molar-refractivity contribution >= 4 is 12.4 Å². The average Bonchev–Trinajstić information content (AvgIpc) is 3.00. The Morgan fingerprint density at radius 2 is 2.00 bits per heavy atom. The van der Waals surface area contributed by atoms with Crippen molar-refractivity contribution in [2.45, 2.75) is 18.8 Å². The van der Waals surface area contributed by atoms with Crippen molar-refractivity contribution in [2.75, 3.05) is 26.2 Å². The minimum atomic E-state index is -4.32. The first-order valence-corrected chi connectivity index (χ1v) is 8.13. The Morgan fingerprint density at radius 3 is 2.62 bits per heavy atom. The third-order valence-electron chi connectivity index (χ3n) is 4.22. The molecule has 5 nitrogen and oxygen atoms in total. The number of benzene rings is 1. The fraction of sp³-hybridized carbons (Fsp3) is 0.471. The first kappa shape index (κ1) is 20.5. The lowest BCUT2D eigenvalue weighted by Gasteiger charge is -2.35. The maximum atomic E-state index is 12.2. The van der Waals surface area contributed by atoms with Gasteiger partial charge in [0.05, 0.1) is 6.04 Å².